The summed E-state index contributed by atoms with van der Waals surface area (Å²) >= 11 is 0. The predicted octanol–water partition coefficient (Wildman–Crippen LogP) is 4.52. The SMILES string of the molecule is COC1CCCC(O[Si](c2ccccc2)(c2ccccc2)C(C)(C)C)C1. The molecule has 3 rings (SSSR count). The van der Waals surface area contributed by atoms with Crippen LogP contribution in [0.2, 0.25) is 5.04 Å². The van der Waals surface area contributed by atoms with Crippen LogP contribution in [-0.4, -0.2) is 27.6 Å². The van der Waals surface area contributed by atoms with Gasteiger partial charge in [-0.15, -0.1) is 0 Å². The molecule has 2 unspecified atom stereocenters. The first-order valence-corrected chi connectivity index (χ1v) is 11.7. The molecule has 0 saturated heterocycles. The van der Waals surface area contributed by atoms with E-state index in [2.05, 4.69) is 81.4 Å². The molecule has 0 amide bonds. The number of hydrogen-bond acceptors (Lipinski definition) is 2. The summed E-state index contributed by atoms with van der Waals surface area (Å²) < 4.78 is 12.9. The Bertz CT molecular complexity index is 639. The van der Waals surface area contributed by atoms with Gasteiger partial charge in [-0.3, -0.25) is 0 Å². The van der Waals surface area contributed by atoms with Crippen molar-refractivity contribution in [2.24, 2.45) is 0 Å². The number of rotatable bonds is 5. The monoisotopic (exact) mass is 368 g/mol. The van der Waals surface area contributed by atoms with Gasteiger partial charge in [0.05, 0.1) is 6.10 Å². The van der Waals surface area contributed by atoms with Crippen LogP contribution in [-0.2, 0) is 9.16 Å². The molecule has 2 atom stereocenters. The van der Waals surface area contributed by atoms with Crippen molar-refractivity contribution < 1.29 is 9.16 Å². The van der Waals surface area contributed by atoms with Crippen LogP contribution in [0, 0.1) is 0 Å². The minimum absolute atomic E-state index is 0.0374. The highest BCUT2D eigenvalue weighted by molar-refractivity contribution is 6.99. The van der Waals surface area contributed by atoms with Crippen molar-refractivity contribution in [3.05, 3.63) is 60.7 Å². The molecule has 1 aliphatic carbocycles. The van der Waals surface area contributed by atoms with E-state index in [0.29, 0.717) is 6.10 Å². The van der Waals surface area contributed by atoms with E-state index < -0.39 is 8.32 Å². The molecule has 3 heteroatoms. The second-order valence-corrected chi connectivity index (χ2v) is 12.7. The van der Waals surface area contributed by atoms with E-state index in [1.165, 1.54) is 16.8 Å². The minimum atomic E-state index is -2.43. The zero-order chi connectivity index (χ0) is 18.6. The highest BCUT2D eigenvalue weighted by Gasteiger charge is 2.51. The molecule has 2 aromatic carbocycles. The molecule has 26 heavy (non-hydrogen) atoms. The highest BCUT2D eigenvalue weighted by Crippen LogP contribution is 2.39. The number of hydrogen-bond donors (Lipinski definition) is 0. The lowest BCUT2D eigenvalue weighted by molar-refractivity contribution is 0.0175. The fraction of sp³-hybridized carbons (Fsp3) is 0.478. The van der Waals surface area contributed by atoms with Gasteiger partial charge in [-0.25, -0.2) is 0 Å². The maximum atomic E-state index is 7.21. The third-order valence-electron chi connectivity index (χ3n) is 5.67. The van der Waals surface area contributed by atoms with Gasteiger partial charge in [0.1, 0.15) is 0 Å². The maximum Gasteiger partial charge on any atom is 0.261 e. The van der Waals surface area contributed by atoms with Crippen molar-refractivity contribution in [3.8, 4) is 0 Å². The molecule has 0 aromatic heterocycles. The largest absolute Gasteiger partial charge is 0.404 e. The Morgan fingerprint density at radius 1 is 0.808 bits per heavy atom. The van der Waals surface area contributed by atoms with Crippen molar-refractivity contribution in [3.63, 3.8) is 0 Å². The molecule has 0 radical (unpaired) electrons. The highest BCUT2D eigenvalue weighted by atomic mass is 28.4. The molecule has 0 spiro atoms. The molecule has 0 aliphatic heterocycles. The third kappa shape index (κ3) is 3.80. The van der Waals surface area contributed by atoms with Crippen LogP contribution in [0.4, 0.5) is 0 Å². The Balaban J connectivity index is 2.08. The van der Waals surface area contributed by atoms with E-state index in [0.717, 1.165) is 19.3 Å². The lowest BCUT2D eigenvalue weighted by Gasteiger charge is -2.46. The topological polar surface area (TPSA) is 18.5 Å². The van der Waals surface area contributed by atoms with Crippen molar-refractivity contribution in [1.82, 2.24) is 0 Å². The second kappa shape index (κ2) is 8.08. The summed E-state index contributed by atoms with van der Waals surface area (Å²) in [6.45, 7) is 7.03. The molecule has 0 heterocycles. The fourth-order valence-corrected chi connectivity index (χ4v) is 9.09. The summed E-state index contributed by atoms with van der Waals surface area (Å²) in [4.78, 5) is 0. The Morgan fingerprint density at radius 3 is 1.77 bits per heavy atom. The smallest absolute Gasteiger partial charge is 0.261 e. The van der Waals surface area contributed by atoms with Gasteiger partial charge in [-0.05, 0) is 41.1 Å². The Hall–Kier alpha value is -1.42. The molecule has 1 aliphatic rings. The minimum Gasteiger partial charge on any atom is -0.404 e. The number of benzene rings is 2. The molecule has 1 fully saturated rings. The van der Waals surface area contributed by atoms with Crippen LogP contribution in [0.25, 0.3) is 0 Å². The molecule has 0 bridgehead atoms. The number of methoxy groups -OCH3 is 1. The van der Waals surface area contributed by atoms with Crippen LogP contribution >= 0.6 is 0 Å². The van der Waals surface area contributed by atoms with Gasteiger partial charge in [-0.2, -0.15) is 0 Å². The molecular weight excluding hydrogens is 336 g/mol. The van der Waals surface area contributed by atoms with Gasteiger partial charge < -0.3 is 9.16 Å². The van der Waals surface area contributed by atoms with E-state index in [1.807, 2.05) is 7.11 Å². The summed E-state index contributed by atoms with van der Waals surface area (Å²) in [5.74, 6) is 0. The van der Waals surface area contributed by atoms with Crippen LogP contribution in [0.3, 0.4) is 0 Å². The van der Waals surface area contributed by atoms with Crippen LogP contribution in [0.5, 0.6) is 0 Å². The van der Waals surface area contributed by atoms with Crippen molar-refractivity contribution in [1.29, 1.82) is 0 Å². The molecular formula is C23H32O2Si. The van der Waals surface area contributed by atoms with E-state index >= 15 is 0 Å². The van der Waals surface area contributed by atoms with Crippen LogP contribution in [0.15, 0.2) is 60.7 Å². The second-order valence-electron chi connectivity index (χ2n) is 8.43. The summed E-state index contributed by atoms with van der Waals surface area (Å²) in [6.07, 6.45) is 5.05. The average Bonchev–Trinajstić information content (AvgIpc) is 2.66. The molecule has 0 N–H and O–H groups in total. The van der Waals surface area contributed by atoms with Gasteiger partial charge in [0, 0.05) is 13.2 Å². The lowest BCUT2D eigenvalue weighted by atomic mass is 9.95. The lowest BCUT2D eigenvalue weighted by Crippen LogP contribution is -2.68. The molecule has 2 nitrogen and oxygen atoms in total. The molecule has 2 aromatic rings. The van der Waals surface area contributed by atoms with Gasteiger partial charge in [0.25, 0.3) is 8.32 Å². The average molecular weight is 369 g/mol. The van der Waals surface area contributed by atoms with Crippen LogP contribution < -0.4 is 10.4 Å². The zero-order valence-electron chi connectivity index (χ0n) is 16.6. The number of ether oxygens (including phenoxy) is 1. The fourth-order valence-electron chi connectivity index (χ4n) is 4.36. The summed E-state index contributed by atoms with van der Waals surface area (Å²) in [7, 11) is -0.605. The Labute approximate surface area is 159 Å². The Kier molecular flexibility index (Phi) is 6.01. The molecule has 140 valence electrons. The van der Waals surface area contributed by atoms with E-state index in [1.54, 1.807) is 0 Å². The summed E-state index contributed by atoms with van der Waals surface area (Å²) in [5, 5.41) is 2.76. The maximum absolute atomic E-state index is 7.21. The van der Waals surface area contributed by atoms with E-state index in [-0.39, 0.29) is 11.1 Å². The quantitative estimate of drug-likeness (QED) is 0.723. The van der Waals surface area contributed by atoms with Crippen molar-refractivity contribution >= 4 is 18.7 Å². The first-order chi connectivity index (χ1) is 12.5. The van der Waals surface area contributed by atoms with E-state index in [4.69, 9.17) is 9.16 Å². The van der Waals surface area contributed by atoms with Crippen molar-refractivity contribution in [2.45, 2.75) is 63.7 Å². The zero-order valence-corrected chi connectivity index (χ0v) is 17.6. The predicted molar refractivity (Wildman–Crippen MR) is 112 cm³/mol. The molecule has 1 saturated carbocycles. The standard InChI is InChI=1S/C23H32O2Si/c1-23(2,3)26(21-14-7-5-8-15-21,22-16-9-6-10-17-22)25-20-13-11-12-19(18-20)24-4/h5-10,14-17,19-20H,11-13,18H2,1-4H3. The van der Waals surface area contributed by atoms with Gasteiger partial charge in [0.15, 0.2) is 0 Å². The van der Waals surface area contributed by atoms with Gasteiger partial charge >= 0.3 is 0 Å². The van der Waals surface area contributed by atoms with Crippen LogP contribution in [0.1, 0.15) is 46.5 Å². The summed E-state index contributed by atoms with van der Waals surface area (Å²) in [6, 6.07) is 21.8. The Morgan fingerprint density at radius 2 is 1.31 bits per heavy atom. The van der Waals surface area contributed by atoms with Gasteiger partial charge in [-0.1, -0.05) is 81.4 Å². The summed E-state index contributed by atoms with van der Waals surface area (Å²) in [5.41, 5.74) is 0. The van der Waals surface area contributed by atoms with E-state index in [9.17, 15) is 0 Å². The first kappa shape index (κ1) is 19.3. The van der Waals surface area contributed by atoms with Gasteiger partial charge in [0.2, 0.25) is 0 Å². The normalized spacial score (nSPS) is 21.5. The van der Waals surface area contributed by atoms with Crippen molar-refractivity contribution in [2.75, 3.05) is 7.11 Å². The first-order valence-electron chi connectivity index (χ1n) is 9.79. The third-order valence-corrected chi connectivity index (χ3v) is 10.8.